The Morgan fingerprint density at radius 1 is 1.45 bits per heavy atom. The van der Waals surface area contributed by atoms with Gasteiger partial charge in [0.1, 0.15) is 5.60 Å². The summed E-state index contributed by atoms with van der Waals surface area (Å²) in [6.07, 6.45) is 0.186. The van der Waals surface area contributed by atoms with Crippen molar-refractivity contribution in [3.8, 4) is 0 Å². The van der Waals surface area contributed by atoms with Crippen molar-refractivity contribution < 1.29 is 14.4 Å². The SMILES string of the molecule is CCC(=O)C(=O)C(C)(C)ON. The normalized spacial score (nSPS) is 11.3. The molecule has 0 fully saturated rings. The first-order valence-electron chi connectivity index (χ1n) is 3.41. The standard InChI is InChI=1S/C7H13NO3/c1-4-5(9)6(10)7(2,3)11-8/h4,8H2,1-3H3. The van der Waals surface area contributed by atoms with Gasteiger partial charge in [0.25, 0.3) is 0 Å². The summed E-state index contributed by atoms with van der Waals surface area (Å²) in [6, 6.07) is 0. The van der Waals surface area contributed by atoms with Gasteiger partial charge in [-0.25, -0.2) is 5.90 Å². The number of Topliss-reactive ketones (excluding diaryl/α,β-unsaturated/α-hetero) is 2. The Kier molecular flexibility index (Phi) is 3.35. The number of nitrogens with two attached hydrogens (primary N) is 1. The van der Waals surface area contributed by atoms with Crippen LogP contribution in [0.4, 0.5) is 0 Å². The number of ketones is 2. The monoisotopic (exact) mass is 159 g/mol. The maximum absolute atomic E-state index is 11.1. The molecule has 0 unspecified atom stereocenters. The van der Waals surface area contributed by atoms with E-state index < -0.39 is 17.2 Å². The van der Waals surface area contributed by atoms with Crippen LogP contribution in [0.3, 0.4) is 0 Å². The van der Waals surface area contributed by atoms with E-state index in [1.807, 2.05) is 0 Å². The molecule has 0 aliphatic heterocycles. The molecule has 0 spiro atoms. The predicted molar refractivity (Wildman–Crippen MR) is 39.7 cm³/mol. The van der Waals surface area contributed by atoms with Gasteiger partial charge in [-0.15, -0.1) is 0 Å². The zero-order chi connectivity index (χ0) is 9.07. The van der Waals surface area contributed by atoms with Gasteiger partial charge in [-0.1, -0.05) is 6.92 Å². The molecule has 0 saturated carbocycles. The molecule has 0 amide bonds. The molecule has 0 aromatic rings. The van der Waals surface area contributed by atoms with Crippen LogP contribution >= 0.6 is 0 Å². The first-order valence-corrected chi connectivity index (χ1v) is 3.41. The van der Waals surface area contributed by atoms with Crippen molar-refractivity contribution in [2.75, 3.05) is 0 Å². The lowest BCUT2D eigenvalue weighted by Gasteiger charge is -2.18. The molecule has 2 N–H and O–H groups in total. The summed E-state index contributed by atoms with van der Waals surface area (Å²) in [7, 11) is 0. The van der Waals surface area contributed by atoms with Crippen LogP contribution in [0.2, 0.25) is 0 Å². The summed E-state index contributed by atoms with van der Waals surface area (Å²) in [4.78, 5) is 26.3. The predicted octanol–water partition coefficient (Wildman–Crippen LogP) is 0.204. The van der Waals surface area contributed by atoms with E-state index in [-0.39, 0.29) is 6.42 Å². The average Bonchev–Trinajstić information content (AvgIpc) is 2.01. The zero-order valence-electron chi connectivity index (χ0n) is 7.01. The highest BCUT2D eigenvalue weighted by Crippen LogP contribution is 2.08. The van der Waals surface area contributed by atoms with Gasteiger partial charge in [-0.2, -0.15) is 0 Å². The van der Waals surface area contributed by atoms with Gasteiger partial charge in [0.2, 0.25) is 11.6 Å². The maximum Gasteiger partial charge on any atom is 0.231 e. The van der Waals surface area contributed by atoms with Crippen LogP contribution in [0, 0.1) is 0 Å². The van der Waals surface area contributed by atoms with Crippen LogP contribution in [-0.4, -0.2) is 17.2 Å². The lowest BCUT2D eigenvalue weighted by Crippen LogP contribution is -2.41. The molecular weight excluding hydrogens is 146 g/mol. The minimum Gasteiger partial charge on any atom is -0.291 e. The number of carbonyl (C=O) groups excluding carboxylic acids is 2. The Hall–Kier alpha value is -0.740. The molecule has 64 valence electrons. The van der Waals surface area contributed by atoms with E-state index in [0.717, 1.165) is 0 Å². The zero-order valence-corrected chi connectivity index (χ0v) is 7.01. The Morgan fingerprint density at radius 2 is 1.91 bits per heavy atom. The second-order valence-corrected chi connectivity index (χ2v) is 2.73. The van der Waals surface area contributed by atoms with E-state index >= 15 is 0 Å². The first kappa shape index (κ1) is 10.3. The number of rotatable bonds is 4. The summed E-state index contributed by atoms with van der Waals surface area (Å²) in [5.74, 6) is 3.79. The van der Waals surface area contributed by atoms with Crippen molar-refractivity contribution in [1.29, 1.82) is 0 Å². The van der Waals surface area contributed by atoms with E-state index in [1.54, 1.807) is 6.92 Å². The van der Waals surface area contributed by atoms with Crippen molar-refractivity contribution in [3.05, 3.63) is 0 Å². The largest absolute Gasteiger partial charge is 0.291 e. The number of hydrogen-bond acceptors (Lipinski definition) is 4. The molecule has 0 saturated heterocycles. The minimum absolute atomic E-state index is 0.186. The van der Waals surface area contributed by atoms with Gasteiger partial charge in [0.15, 0.2) is 0 Å². The van der Waals surface area contributed by atoms with E-state index in [0.29, 0.717) is 0 Å². The molecule has 0 aromatic heterocycles. The van der Waals surface area contributed by atoms with Crippen LogP contribution < -0.4 is 5.90 Å². The molecule has 4 heteroatoms. The molecule has 0 heterocycles. The van der Waals surface area contributed by atoms with Crippen molar-refractivity contribution in [1.82, 2.24) is 0 Å². The summed E-state index contributed by atoms with van der Waals surface area (Å²) in [6.45, 7) is 4.54. The third-order valence-corrected chi connectivity index (χ3v) is 1.42. The summed E-state index contributed by atoms with van der Waals surface area (Å²) < 4.78 is 0. The van der Waals surface area contributed by atoms with Gasteiger partial charge >= 0.3 is 0 Å². The highest BCUT2D eigenvalue weighted by Gasteiger charge is 2.32. The van der Waals surface area contributed by atoms with E-state index in [9.17, 15) is 9.59 Å². The van der Waals surface area contributed by atoms with Gasteiger partial charge in [0, 0.05) is 6.42 Å². The van der Waals surface area contributed by atoms with Crippen LogP contribution in [0.15, 0.2) is 0 Å². The fraction of sp³-hybridized carbons (Fsp3) is 0.714. The van der Waals surface area contributed by atoms with Crippen LogP contribution in [0.25, 0.3) is 0 Å². The van der Waals surface area contributed by atoms with Gasteiger partial charge < -0.3 is 0 Å². The average molecular weight is 159 g/mol. The quantitative estimate of drug-likeness (QED) is 0.470. The van der Waals surface area contributed by atoms with Crippen LogP contribution in [0.1, 0.15) is 27.2 Å². The number of carbonyl (C=O) groups is 2. The van der Waals surface area contributed by atoms with Crippen molar-refractivity contribution in [2.45, 2.75) is 32.8 Å². The Morgan fingerprint density at radius 3 is 2.18 bits per heavy atom. The van der Waals surface area contributed by atoms with Crippen LogP contribution in [0.5, 0.6) is 0 Å². The van der Waals surface area contributed by atoms with Gasteiger partial charge in [0.05, 0.1) is 0 Å². The highest BCUT2D eigenvalue weighted by molar-refractivity contribution is 6.39. The van der Waals surface area contributed by atoms with E-state index in [2.05, 4.69) is 4.84 Å². The molecular formula is C7H13NO3. The van der Waals surface area contributed by atoms with Crippen molar-refractivity contribution >= 4 is 11.6 Å². The van der Waals surface area contributed by atoms with E-state index in [1.165, 1.54) is 13.8 Å². The second kappa shape index (κ2) is 3.59. The van der Waals surface area contributed by atoms with Gasteiger partial charge in [-0.3, -0.25) is 14.4 Å². The Bertz CT molecular complexity index is 175. The molecule has 0 atom stereocenters. The van der Waals surface area contributed by atoms with Crippen LogP contribution in [-0.2, 0) is 14.4 Å². The highest BCUT2D eigenvalue weighted by atomic mass is 16.6. The number of hydrogen-bond donors (Lipinski definition) is 1. The lowest BCUT2D eigenvalue weighted by atomic mass is 9.99. The Labute approximate surface area is 65.7 Å². The molecule has 0 aliphatic carbocycles. The second-order valence-electron chi connectivity index (χ2n) is 2.73. The topological polar surface area (TPSA) is 69.4 Å². The van der Waals surface area contributed by atoms with Crippen molar-refractivity contribution in [3.63, 3.8) is 0 Å². The molecule has 0 rings (SSSR count). The maximum atomic E-state index is 11.1. The Balaban J connectivity index is 4.36. The van der Waals surface area contributed by atoms with Crippen molar-refractivity contribution in [2.24, 2.45) is 5.90 Å². The molecule has 0 bridgehead atoms. The summed E-state index contributed by atoms with van der Waals surface area (Å²) in [5.41, 5.74) is -1.19. The first-order chi connectivity index (χ1) is 4.95. The lowest BCUT2D eigenvalue weighted by molar-refractivity contribution is -0.150. The molecule has 4 nitrogen and oxygen atoms in total. The smallest absolute Gasteiger partial charge is 0.231 e. The molecule has 0 aliphatic rings. The molecule has 11 heavy (non-hydrogen) atoms. The van der Waals surface area contributed by atoms with Gasteiger partial charge in [-0.05, 0) is 13.8 Å². The molecule has 0 radical (unpaired) electrons. The summed E-state index contributed by atoms with van der Waals surface area (Å²) in [5, 5.41) is 0. The fourth-order valence-electron chi connectivity index (χ4n) is 0.550. The minimum atomic E-state index is -1.19. The molecule has 0 aromatic carbocycles. The third kappa shape index (κ3) is 2.40. The van der Waals surface area contributed by atoms with E-state index in [4.69, 9.17) is 5.90 Å². The summed E-state index contributed by atoms with van der Waals surface area (Å²) >= 11 is 0. The third-order valence-electron chi connectivity index (χ3n) is 1.42. The fourth-order valence-corrected chi connectivity index (χ4v) is 0.550.